The molecular formula is C27H26ClN3O6S. The van der Waals surface area contributed by atoms with Crippen LogP contribution in [-0.4, -0.2) is 52.1 Å². The number of sulfonamides is 1. The maximum absolute atomic E-state index is 13.5. The predicted octanol–water partition coefficient (Wildman–Crippen LogP) is 3.84. The molecule has 9 nitrogen and oxygen atoms in total. The van der Waals surface area contributed by atoms with Crippen molar-refractivity contribution < 1.29 is 27.5 Å². The van der Waals surface area contributed by atoms with Gasteiger partial charge in [0.2, 0.25) is 0 Å². The van der Waals surface area contributed by atoms with Gasteiger partial charge in [0.05, 0.1) is 34.5 Å². The highest BCUT2D eigenvalue weighted by Crippen LogP contribution is 2.37. The summed E-state index contributed by atoms with van der Waals surface area (Å²) in [6.45, 7) is 0.796. The largest absolute Gasteiger partial charge is 0.476 e. The van der Waals surface area contributed by atoms with Crippen molar-refractivity contribution in [1.29, 1.82) is 0 Å². The highest BCUT2D eigenvalue weighted by Gasteiger charge is 2.37. The Morgan fingerprint density at radius 3 is 2.50 bits per heavy atom. The van der Waals surface area contributed by atoms with Crippen molar-refractivity contribution >= 4 is 44.8 Å². The van der Waals surface area contributed by atoms with E-state index in [0.717, 1.165) is 17.1 Å². The first-order chi connectivity index (χ1) is 18.3. The fourth-order valence-corrected chi connectivity index (χ4v) is 6.01. The summed E-state index contributed by atoms with van der Waals surface area (Å²) in [5.74, 6) is -0.688. The highest BCUT2D eigenvalue weighted by molar-refractivity contribution is 7.92. The predicted molar refractivity (Wildman–Crippen MR) is 143 cm³/mol. The second-order valence-electron chi connectivity index (χ2n) is 8.94. The van der Waals surface area contributed by atoms with Crippen LogP contribution >= 0.6 is 11.6 Å². The number of hydrogen-bond acceptors (Lipinski definition) is 6. The normalized spacial score (nSPS) is 18.8. The van der Waals surface area contributed by atoms with Crippen molar-refractivity contribution in [2.75, 3.05) is 29.3 Å². The smallest absolute Gasteiger partial charge is 0.267 e. The molecule has 2 aliphatic heterocycles. The molecule has 11 heteroatoms. The Kier molecular flexibility index (Phi) is 7.55. The fraction of sp³-hybridized carbons (Fsp3) is 0.259. The minimum absolute atomic E-state index is 0.0232. The Morgan fingerprint density at radius 1 is 1.00 bits per heavy atom. The molecule has 38 heavy (non-hydrogen) atoms. The number of carbonyl (C=O) groups is 2. The van der Waals surface area contributed by atoms with E-state index < -0.39 is 22.0 Å². The van der Waals surface area contributed by atoms with Crippen LogP contribution < -0.4 is 19.7 Å². The van der Waals surface area contributed by atoms with Gasteiger partial charge < -0.3 is 20.1 Å². The minimum Gasteiger partial charge on any atom is -0.476 e. The average molecular weight is 556 g/mol. The van der Waals surface area contributed by atoms with E-state index in [1.807, 2.05) is 0 Å². The van der Waals surface area contributed by atoms with Gasteiger partial charge >= 0.3 is 0 Å². The third kappa shape index (κ3) is 5.47. The van der Waals surface area contributed by atoms with Gasteiger partial charge in [-0.05, 0) is 61.4 Å². The lowest BCUT2D eigenvalue weighted by Gasteiger charge is -2.34. The molecule has 2 N–H and O–H groups in total. The molecule has 0 aliphatic carbocycles. The van der Waals surface area contributed by atoms with E-state index in [-0.39, 0.29) is 40.5 Å². The number of amides is 2. The van der Waals surface area contributed by atoms with Gasteiger partial charge in [-0.3, -0.25) is 13.9 Å². The van der Waals surface area contributed by atoms with Gasteiger partial charge in [-0.2, -0.15) is 0 Å². The third-order valence-electron chi connectivity index (χ3n) is 6.37. The Morgan fingerprint density at radius 2 is 1.74 bits per heavy atom. The lowest BCUT2D eigenvalue weighted by atomic mass is 10.1. The molecule has 2 atom stereocenters. The maximum Gasteiger partial charge on any atom is 0.267 e. The number of carbonyl (C=O) groups excluding carboxylic acids is 2. The van der Waals surface area contributed by atoms with E-state index >= 15 is 0 Å². The zero-order valence-corrected chi connectivity index (χ0v) is 21.9. The lowest BCUT2D eigenvalue weighted by Crippen LogP contribution is -2.49. The summed E-state index contributed by atoms with van der Waals surface area (Å²) < 4.78 is 39.7. The summed E-state index contributed by atoms with van der Waals surface area (Å²) in [4.78, 5) is 26.2. The molecular weight excluding hydrogens is 530 g/mol. The maximum atomic E-state index is 13.5. The Labute approximate surface area is 225 Å². The topological polar surface area (TPSA) is 114 Å². The minimum atomic E-state index is -4.03. The van der Waals surface area contributed by atoms with Gasteiger partial charge in [0.15, 0.2) is 6.10 Å². The number of halogens is 1. The molecule has 2 heterocycles. The standard InChI is InChI=1S/C27H26ClN3O6S/c28-18-11-13-20(14-12-18)38(34,35)31-17-25(37-24-10-4-3-9-23(24)31)27(33)30-22-8-2-1-7-21(22)26(32)29-16-19-6-5-15-36-19/h1-4,7-14,19,25H,5-6,15-17H2,(H,29,32)(H,30,33)/t19-,25+/m1/s1. The third-order valence-corrected chi connectivity index (χ3v) is 8.42. The number of ether oxygens (including phenoxy) is 2. The summed E-state index contributed by atoms with van der Waals surface area (Å²) in [6, 6.07) is 19.0. The number of nitrogens with zero attached hydrogens (tertiary/aromatic N) is 1. The molecule has 198 valence electrons. The molecule has 0 unspecified atom stereocenters. The molecule has 3 aromatic carbocycles. The van der Waals surface area contributed by atoms with E-state index in [2.05, 4.69) is 10.6 Å². The average Bonchev–Trinajstić information content (AvgIpc) is 3.45. The second-order valence-corrected chi connectivity index (χ2v) is 11.2. The number of rotatable bonds is 7. The molecule has 0 spiro atoms. The van der Waals surface area contributed by atoms with Crippen molar-refractivity contribution in [2.24, 2.45) is 0 Å². The highest BCUT2D eigenvalue weighted by atomic mass is 35.5. The van der Waals surface area contributed by atoms with E-state index in [1.165, 1.54) is 24.3 Å². The number of fused-ring (bicyclic) bond motifs is 1. The summed E-state index contributed by atoms with van der Waals surface area (Å²) in [5, 5.41) is 6.00. The Balaban J connectivity index is 1.36. The van der Waals surface area contributed by atoms with Gasteiger partial charge in [-0.25, -0.2) is 8.42 Å². The van der Waals surface area contributed by atoms with Crippen molar-refractivity contribution in [1.82, 2.24) is 5.32 Å². The summed E-state index contributed by atoms with van der Waals surface area (Å²) in [6.07, 6.45) is 0.650. The monoisotopic (exact) mass is 555 g/mol. The van der Waals surface area contributed by atoms with Crippen molar-refractivity contribution in [2.45, 2.75) is 29.9 Å². The number of anilines is 2. The van der Waals surface area contributed by atoms with Gasteiger partial charge in [0.1, 0.15) is 5.75 Å². The van der Waals surface area contributed by atoms with Gasteiger partial charge in [0, 0.05) is 18.2 Å². The van der Waals surface area contributed by atoms with Crippen LogP contribution in [-0.2, 0) is 19.6 Å². The van der Waals surface area contributed by atoms with Crippen LogP contribution in [0.25, 0.3) is 0 Å². The first-order valence-electron chi connectivity index (χ1n) is 12.2. The SMILES string of the molecule is O=C(NC[C@H]1CCCO1)c1ccccc1NC(=O)[C@@H]1CN(S(=O)(=O)c2ccc(Cl)cc2)c2ccccc2O1. The summed E-state index contributed by atoms with van der Waals surface area (Å²) in [7, 11) is -4.03. The molecule has 0 radical (unpaired) electrons. The number of nitrogens with one attached hydrogen (secondary N) is 2. The molecule has 2 amide bonds. The van der Waals surface area contributed by atoms with Crippen LogP contribution in [0.15, 0.2) is 77.7 Å². The van der Waals surface area contributed by atoms with Crippen molar-refractivity contribution in [3.05, 3.63) is 83.4 Å². The van der Waals surface area contributed by atoms with E-state index in [9.17, 15) is 18.0 Å². The molecule has 5 rings (SSSR count). The Hall–Kier alpha value is -3.60. The van der Waals surface area contributed by atoms with Crippen LogP contribution in [0.4, 0.5) is 11.4 Å². The zero-order chi connectivity index (χ0) is 26.7. The van der Waals surface area contributed by atoms with Crippen molar-refractivity contribution in [3.63, 3.8) is 0 Å². The molecule has 1 saturated heterocycles. The van der Waals surface area contributed by atoms with E-state index in [4.69, 9.17) is 21.1 Å². The van der Waals surface area contributed by atoms with Crippen LogP contribution in [0.5, 0.6) is 5.75 Å². The van der Waals surface area contributed by atoms with Gasteiger partial charge in [-0.15, -0.1) is 0 Å². The molecule has 0 aromatic heterocycles. The Bertz CT molecular complexity index is 1440. The first-order valence-corrected chi connectivity index (χ1v) is 14.0. The molecule has 2 aliphatic rings. The van der Waals surface area contributed by atoms with Crippen molar-refractivity contribution in [3.8, 4) is 5.75 Å². The summed E-state index contributed by atoms with van der Waals surface area (Å²) >= 11 is 5.94. The van der Waals surface area contributed by atoms with Gasteiger partial charge in [0.25, 0.3) is 21.8 Å². The van der Waals surface area contributed by atoms with E-state index in [0.29, 0.717) is 23.9 Å². The van der Waals surface area contributed by atoms with Crippen LogP contribution in [0, 0.1) is 0 Å². The molecule has 3 aromatic rings. The van der Waals surface area contributed by atoms with E-state index in [1.54, 1.807) is 48.5 Å². The summed E-state index contributed by atoms with van der Waals surface area (Å²) in [5.41, 5.74) is 0.887. The number of para-hydroxylation sites is 3. The molecule has 0 bridgehead atoms. The first kappa shape index (κ1) is 26.0. The van der Waals surface area contributed by atoms with Gasteiger partial charge in [-0.1, -0.05) is 35.9 Å². The zero-order valence-electron chi connectivity index (χ0n) is 20.3. The fourth-order valence-electron chi connectivity index (χ4n) is 4.41. The molecule has 0 saturated carbocycles. The van der Waals surface area contributed by atoms with Crippen LogP contribution in [0.1, 0.15) is 23.2 Å². The quantitative estimate of drug-likeness (QED) is 0.458. The lowest BCUT2D eigenvalue weighted by molar-refractivity contribution is -0.122. The second kappa shape index (κ2) is 11.0. The van der Waals surface area contributed by atoms with Crippen LogP contribution in [0.2, 0.25) is 5.02 Å². The number of hydrogen-bond donors (Lipinski definition) is 2. The number of benzene rings is 3. The molecule has 1 fully saturated rings. The van der Waals surface area contributed by atoms with Crippen LogP contribution in [0.3, 0.4) is 0 Å².